The third kappa shape index (κ3) is 3.40. The van der Waals surface area contributed by atoms with E-state index in [2.05, 4.69) is 5.32 Å². The summed E-state index contributed by atoms with van der Waals surface area (Å²) in [5.41, 5.74) is 1.14. The highest BCUT2D eigenvalue weighted by Gasteiger charge is 2.17. The molecule has 0 bridgehead atoms. The minimum atomic E-state index is -2.27. The fourth-order valence-corrected chi connectivity index (χ4v) is 1.86. The van der Waals surface area contributed by atoms with E-state index >= 15 is 0 Å². The second kappa shape index (κ2) is 5.29. The van der Waals surface area contributed by atoms with Crippen LogP contribution in [0.3, 0.4) is 0 Å². The Hall–Kier alpha value is -0.480. The smallest absolute Gasteiger partial charge is 0.253 e. The van der Waals surface area contributed by atoms with E-state index < -0.39 is 12.5 Å². The van der Waals surface area contributed by atoms with Gasteiger partial charge < -0.3 is 5.32 Å². The summed E-state index contributed by atoms with van der Waals surface area (Å²) in [5, 5.41) is 6.58. The van der Waals surface area contributed by atoms with Crippen LogP contribution in [0.2, 0.25) is 0 Å². The van der Waals surface area contributed by atoms with Gasteiger partial charge in [0.1, 0.15) is 0 Å². The van der Waals surface area contributed by atoms with E-state index in [1.54, 1.807) is 18.4 Å². The molecule has 1 aromatic heterocycles. The molecule has 1 atom stereocenters. The molecule has 0 radical (unpaired) electrons. The highest BCUT2D eigenvalue weighted by atomic mass is 32.1. The molecule has 74 valence electrons. The lowest BCUT2D eigenvalue weighted by atomic mass is 10.1. The second-order valence-electron chi connectivity index (χ2n) is 2.90. The predicted octanol–water partition coefficient (Wildman–Crippen LogP) is 2.53. The topological polar surface area (TPSA) is 12.0 Å². The Morgan fingerprint density at radius 2 is 2.31 bits per heavy atom. The number of nitrogens with one attached hydrogen (secondary N) is 1. The van der Waals surface area contributed by atoms with Gasteiger partial charge in [-0.3, -0.25) is 0 Å². The number of alkyl halides is 2. The Morgan fingerprint density at radius 3 is 2.77 bits per heavy atom. The SMILES string of the molecule is CNC(CCc1ccsc1)C(F)F. The van der Waals surface area contributed by atoms with Crippen LogP contribution in [0.15, 0.2) is 16.8 Å². The molecule has 0 aromatic carbocycles. The van der Waals surface area contributed by atoms with Crippen molar-refractivity contribution < 1.29 is 8.78 Å². The lowest BCUT2D eigenvalue weighted by Crippen LogP contribution is -2.32. The Bertz CT molecular complexity index is 224. The van der Waals surface area contributed by atoms with Crippen LogP contribution in [0.5, 0.6) is 0 Å². The number of hydrogen-bond acceptors (Lipinski definition) is 2. The average molecular weight is 205 g/mol. The van der Waals surface area contributed by atoms with Gasteiger partial charge in [0, 0.05) is 0 Å². The third-order valence-electron chi connectivity index (χ3n) is 2.00. The van der Waals surface area contributed by atoms with Crippen molar-refractivity contribution in [3.8, 4) is 0 Å². The standard InChI is InChI=1S/C9H13F2NS/c1-12-8(9(10)11)3-2-7-4-5-13-6-7/h4-6,8-9,12H,2-3H2,1H3. The molecule has 0 aliphatic heterocycles. The zero-order chi connectivity index (χ0) is 9.68. The summed E-state index contributed by atoms with van der Waals surface area (Å²) in [6.45, 7) is 0. The average Bonchev–Trinajstić information content (AvgIpc) is 2.57. The highest BCUT2D eigenvalue weighted by Crippen LogP contribution is 2.12. The molecule has 0 saturated carbocycles. The molecule has 4 heteroatoms. The Balaban J connectivity index is 2.32. The molecular formula is C9H13F2NS. The van der Waals surface area contributed by atoms with Crippen LogP contribution in [0.1, 0.15) is 12.0 Å². The summed E-state index contributed by atoms with van der Waals surface area (Å²) in [5.74, 6) is 0. The molecule has 0 aliphatic rings. The lowest BCUT2D eigenvalue weighted by Gasteiger charge is -2.13. The number of rotatable bonds is 5. The van der Waals surface area contributed by atoms with Gasteiger partial charge in [0.15, 0.2) is 0 Å². The van der Waals surface area contributed by atoms with E-state index in [0.717, 1.165) is 12.0 Å². The molecule has 0 saturated heterocycles. The van der Waals surface area contributed by atoms with Gasteiger partial charge in [-0.25, -0.2) is 8.78 Å². The number of aryl methyl sites for hydroxylation is 1. The second-order valence-corrected chi connectivity index (χ2v) is 3.68. The minimum absolute atomic E-state index is 0.491. The molecule has 1 unspecified atom stereocenters. The van der Waals surface area contributed by atoms with Crippen molar-refractivity contribution in [2.45, 2.75) is 25.3 Å². The van der Waals surface area contributed by atoms with Crippen molar-refractivity contribution in [2.75, 3.05) is 7.05 Å². The molecule has 13 heavy (non-hydrogen) atoms. The first-order chi connectivity index (χ1) is 6.24. The van der Waals surface area contributed by atoms with Gasteiger partial charge in [-0.05, 0) is 42.3 Å². The zero-order valence-electron chi connectivity index (χ0n) is 7.47. The van der Waals surface area contributed by atoms with E-state index in [0.29, 0.717) is 6.42 Å². The maximum Gasteiger partial charge on any atom is 0.253 e. The molecule has 1 aromatic rings. The molecule has 0 spiro atoms. The van der Waals surface area contributed by atoms with Crippen LogP contribution in [-0.2, 0) is 6.42 Å². The van der Waals surface area contributed by atoms with Gasteiger partial charge in [0.2, 0.25) is 0 Å². The van der Waals surface area contributed by atoms with E-state index in [-0.39, 0.29) is 0 Å². The van der Waals surface area contributed by atoms with Gasteiger partial charge in [0.25, 0.3) is 6.43 Å². The number of halogens is 2. The van der Waals surface area contributed by atoms with Crippen LogP contribution >= 0.6 is 11.3 Å². The molecule has 0 aliphatic carbocycles. The fraction of sp³-hybridized carbons (Fsp3) is 0.556. The summed E-state index contributed by atoms with van der Waals surface area (Å²) in [4.78, 5) is 0. The van der Waals surface area contributed by atoms with Crippen LogP contribution < -0.4 is 5.32 Å². The van der Waals surface area contributed by atoms with Crippen LogP contribution in [-0.4, -0.2) is 19.5 Å². The molecule has 1 nitrogen and oxygen atoms in total. The summed E-state index contributed by atoms with van der Waals surface area (Å²) in [7, 11) is 1.57. The van der Waals surface area contributed by atoms with Crippen molar-refractivity contribution >= 4 is 11.3 Å². The zero-order valence-corrected chi connectivity index (χ0v) is 8.28. The minimum Gasteiger partial charge on any atom is -0.312 e. The number of thiophene rings is 1. The van der Waals surface area contributed by atoms with E-state index in [4.69, 9.17) is 0 Å². The molecule has 1 rings (SSSR count). The predicted molar refractivity (Wildman–Crippen MR) is 51.5 cm³/mol. The van der Waals surface area contributed by atoms with E-state index in [1.165, 1.54) is 0 Å². The fourth-order valence-electron chi connectivity index (χ4n) is 1.15. The quantitative estimate of drug-likeness (QED) is 0.779. The third-order valence-corrected chi connectivity index (χ3v) is 2.73. The van der Waals surface area contributed by atoms with Crippen LogP contribution in [0.25, 0.3) is 0 Å². The van der Waals surface area contributed by atoms with Crippen LogP contribution in [0.4, 0.5) is 8.78 Å². The normalized spacial score (nSPS) is 13.5. The van der Waals surface area contributed by atoms with Gasteiger partial charge in [-0.15, -0.1) is 0 Å². The highest BCUT2D eigenvalue weighted by molar-refractivity contribution is 7.07. The van der Waals surface area contributed by atoms with Crippen molar-refractivity contribution in [3.63, 3.8) is 0 Å². The summed E-state index contributed by atoms with van der Waals surface area (Å²) >= 11 is 1.60. The van der Waals surface area contributed by atoms with Gasteiger partial charge in [-0.2, -0.15) is 11.3 Å². The first-order valence-corrected chi connectivity index (χ1v) is 5.15. The van der Waals surface area contributed by atoms with E-state index in [9.17, 15) is 8.78 Å². The summed E-state index contributed by atoms with van der Waals surface area (Å²) in [6.07, 6.45) is -1.06. The van der Waals surface area contributed by atoms with Crippen molar-refractivity contribution in [1.29, 1.82) is 0 Å². The van der Waals surface area contributed by atoms with E-state index in [1.807, 2.05) is 16.8 Å². The van der Waals surface area contributed by atoms with Crippen LogP contribution in [0, 0.1) is 0 Å². The lowest BCUT2D eigenvalue weighted by molar-refractivity contribution is 0.0981. The molecular weight excluding hydrogens is 192 g/mol. The molecule has 0 amide bonds. The van der Waals surface area contributed by atoms with Crippen molar-refractivity contribution in [1.82, 2.24) is 5.32 Å². The summed E-state index contributed by atoms with van der Waals surface area (Å²) in [6, 6.07) is 1.29. The number of hydrogen-bond donors (Lipinski definition) is 1. The van der Waals surface area contributed by atoms with Crippen molar-refractivity contribution in [3.05, 3.63) is 22.4 Å². The Kier molecular flexibility index (Phi) is 4.32. The molecule has 1 heterocycles. The van der Waals surface area contributed by atoms with Gasteiger partial charge >= 0.3 is 0 Å². The Labute approximate surface area is 80.8 Å². The molecule has 0 fully saturated rings. The first-order valence-electron chi connectivity index (χ1n) is 4.20. The monoisotopic (exact) mass is 205 g/mol. The maximum absolute atomic E-state index is 12.3. The summed E-state index contributed by atoms with van der Waals surface area (Å²) < 4.78 is 24.5. The largest absolute Gasteiger partial charge is 0.312 e. The van der Waals surface area contributed by atoms with Crippen molar-refractivity contribution in [2.24, 2.45) is 0 Å². The first kappa shape index (κ1) is 10.6. The van der Waals surface area contributed by atoms with Gasteiger partial charge in [-0.1, -0.05) is 0 Å². The maximum atomic E-state index is 12.3. The van der Waals surface area contributed by atoms with Gasteiger partial charge in [0.05, 0.1) is 6.04 Å². The Morgan fingerprint density at radius 1 is 1.54 bits per heavy atom. The molecule has 1 N–H and O–H groups in total.